The summed E-state index contributed by atoms with van der Waals surface area (Å²) in [6.07, 6.45) is 2.00. The number of piperidine rings is 1. The van der Waals surface area contributed by atoms with Gasteiger partial charge in [0.1, 0.15) is 0 Å². The van der Waals surface area contributed by atoms with Gasteiger partial charge in [-0.25, -0.2) is 9.59 Å². The molecule has 1 aromatic rings. The van der Waals surface area contributed by atoms with Gasteiger partial charge in [-0.15, -0.1) is 0 Å². The molecule has 0 atom stereocenters. The monoisotopic (exact) mass is 397 g/mol. The first-order valence-electron chi connectivity index (χ1n) is 8.29. The summed E-state index contributed by atoms with van der Waals surface area (Å²) >= 11 is 3.50. The van der Waals surface area contributed by atoms with Crippen molar-refractivity contribution >= 4 is 28.1 Å². The fraction of sp³-hybridized carbons (Fsp3) is 0.529. The van der Waals surface area contributed by atoms with Crippen molar-refractivity contribution < 1.29 is 14.3 Å². The van der Waals surface area contributed by atoms with Crippen molar-refractivity contribution in [3.05, 3.63) is 34.3 Å². The van der Waals surface area contributed by atoms with Crippen LogP contribution in [0.5, 0.6) is 0 Å². The molecule has 1 aliphatic heterocycles. The molecule has 24 heavy (non-hydrogen) atoms. The third kappa shape index (κ3) is 5.70. The van der Waals surface area contributed by atoms with Gasteiger partial charge in [0.05, 0.1) is 6.61 Å². The lowest BCUT2D eigenvalue weighted by atomic mass is 10.1. The van der Waals surface area contributed by atoms with E-state index < -0.39 is 0 Å². The largest absolute Gasteiger partial charge is 0.450 e. The van der Waals surface area contributed by atoms with E-state index in [2.05, 4.69) is 26.6 Å². The van der Waals surface area contributed by atoms with E-state index in [9.17, 15) is 9.59 Å². The zero-order valence-electron chi connectivity index (χ0n) is 13.9. The van der Waals surface area contributed by atoms with Crippen LogP contribution in [0.4, 0.5) is 9.59 Å². The Morgan fingerprint density at radius 2 is 2.00 bits per heavy atom. The number of carbonyl (C=O) groups is 2. The van der Waals surface area contributed by atoms with Crippen molar-refractivity contribution in [2.45, 2.75) is 32.2 Å². The summed E-state index contributed by atoms with van der Waals surface area (Å²) in [7, 11) is 0. The number of carbonyl (C=O) groups excluding carboxylic acids is 2. The first-order chi connectivity index (χ1) is 11.6. The van der Waals surface area contributed by atoms with Gasteiger partial charge in [0, 0.05) is 30.1 Å². The molecule has 0 aliphatic carbocycles. The van der Waals surface area contributed by atoms with Crippen molar-refractivity contribution in [1.29, 1.82) is 0 Å². The molecule has 0 bridgehead atoms. The first-order valence-corrected chi connectivity index (χ1v) is 9.09. The minimum atomic E-state index is -0.270. The van der Waals surface area contributed by atoms with Gasteiger partial charge in [-0.3, -0.25) is 0 Å². The predicted molar refractivity (Wildman–Crippen MR) is 96.0 cm³/mol. The van der Waals surface area contributed by atoms with Gasteiger partial charge in [0.25, 0.3) is 0 Å². The van der Waals surface area contributed by atoms with Crippen molar-refractivity contribution in [3.8, 4) is 0 Å². The van der Waals surface area contributed by atoms with Gasteiger partial charge in [0.2, 0.25) is 0 Å². The molecule has 7 heteroatoms. The van der Waals surface area contributed by atoms with Crippen molar-refractivity contribution in [3.63, 3.8) is 0 Å². The zero-order chi connectivity index (χ0) is 17.4. The Kier molecular flexibility index (Phi) is 7.36. The highest BCUT2D eigenvalue weighted by Gasteiger charge is 2.24. The molecule has 1 aromatic carbocycles. The maximum absolute atomic E-state index is 12.0. The second-order valence-electron chi connectivity index (χ2n) is 5.70. The number of benzene rings is 1. The fourth-order valence-electron chi connectivity index (χ4n) is 2.67. The third-order valence-electron chi connectivity index (χ3n) is 3.99. The van der Waals surface area contributed by atoms with Crippen LogP contribution in [0.15, 0.2) is 28.7 Å². The Balaban J connectivity index is 1.65. The van der Waals surface area contributed by atoms with E-state index in [1.54, 1.807) is 11.8 Å². The van der Waals surface area contributed by atoms with Gasteiger partial charge >= 0.3 is 12.1 Å². The molecule has 6 nitrogen and oxygen atoms in total. The number of ether oxygens (including phenoxy) is 1. The molecule has 2 rings (SSSR count). The van der Waals surface area contributed by atoms with Crippen LogP contribution >= 0.6 is 15.9 Å². The van der Waals surface area contributed by atoms with Crippen LogP contribution < -0.4 is 10.6 Å². The summed E-state index contributed by atoms with van der Waals surface area (Å²) in [5.41, 5.74) is 1.17. The molecule has 0 spiro atoms. The Morgan fingerprint density at radius 1 is 1.29 bits per heavy atom. The van der Waals surface area contributed by atoms with Crippen LogP contribution in [-0.4, -0.2) is 49.3 Å². The molecule has 1 aliphatic rings. The van der Waals surface area contributed by atoms with E-state index in [-0.39, 0.29) is 18.2 Å². The molecule has 0 aromatic heterocycles. The van der Waals surface area contributed by atoms with Crippen LogP contribution in [0.2, 0.25) is 0 Å². The molecule has 2 N–H and O–H groups in total. The van der Waals surface area contributed by atoms with Crippen LogP contribution in [0.25, 0.3) is 0 Å². The minimum Gasteiger partial charge on any atom is -0.450 e. The second-order valence-corrected chi connectivity index (χ2v) is 6.56. The summed E-state index contributed by atoms with van der Waals surface area (Å²) in [6, 6.07) is 7.92. The smallest absolute Gasteiger partial charge is 0.409 e. The molecule has 0 radical (unpaired) electrons. The number of amides is 3. The first kappa shape index (κ1) is 18.6. The molecule has 132 valence electrons. The van der Waals surface area contributed by atoms with Crippen LogP contribution in [0.3, 0.4) is 0 Å². The maximum Gasteiger partial charge on any atom is 0.409 e. The predicted octanol–water partition coefficient (Wildman–Crippen LogP) is 2.91. The highest BCUT2D eigenvalue weighted by molar-refractivity contribution is 9.10. The normalized spacial score (nSPS) is 15.0. The third-order valence-corrected chi connectivity index (χ3v) is 4.77. The van der Waals surface area contributed by atoms with Gasteiger partial charge < -0.3 is 20.3 Å². The summed E-state index contributed by atoms with van der Waals surface area (Å²) in [6.45, 7) is 3.99. The fourth-order valence-corrected chi connectivity index (χ4v) is 3.15. The lowest BCUT2D eigenvalue weighted by Gasteiger charge is -2.31. The van der Waals surface area contributed by atoms with Crippen LogP contribution in [0.1, 0.15) is 25.3 Å². The van der Waals surface area contributed by atoms with Gasteiger partial charge in [-0.1, -0.05) is 34.1 Å². The quantitative estimate of drug-likeness (QED) is 0.802. The van der Waals surface area contributed by atoms with E-state index in [1.165, 1.54) is 5.56 Å². The van der Waals surface area contributed by atoms with Gasteiger partial charge in [-0.2, -0.15) is 0 Å². The lowest BCUT2D eigenvalue weighted by Crippen LogP contribution is -2.49. The number of likely N-dealkylation sites (tertiary alicyclic amines) is 1. The Morgan fingerprint density at radius 3 is 2.67 bits per heavy atom. The maximum atomic E-state index is 12.0. The summed E-state index contributed by atoms with van der Waals surface area (Å²) < 4.78 is 6.04. The highest BCUT2D eigenvalue weighted by atomic mass is 79.9. The average Bonchev–Trinajstić information content (AvgIpc) is 2.57. The van der Waals surface area contributed by atoms with Crippen LogP contribution in [0, 0.1) is 0 Å². The topological polar surface area (TPSA) is 70.7 Å². The zero-order valence-corrected chi connectivity index (χ0v) is 15.5. The highest BCUT2D eigenvalue weighted by Crippen LogP contribution is 2.16. The summed E-state index contributed by atoms with van der Waals surface area (Å²) in [5.74, 6) is 0. The van der Waals surface area contributed by atoms with Crippen LogP contribution in [-0.2, 0) is 11.2 Å². The number of rotatable bonds is 5. The number of hydrogen-bond donors (Lipinski definition) is 2. The van der Waals surface area contributed by atoms with Crippen molar-refractivity contribution in [1.82, 2.24) is 15.5 Å². The molecule has 1 fully saturated rings. The number of nitrogens with zero attached hydrogens (tertiary/aromatic N) is 1. The van der Waals surface area contributed by atoms with E-state index in [1.807, 2.05) is 24.3 Å². The number of halogens is 1. The standard InChI is InChI=1S/C17H24BrN3O3/c1-2-24-17(23)21-11-8-14(9-12-21)20-16(22)19-10-7-13-5-3-4-6-15(13)18/h3-6,14H,2,7-12H2,1H3,(H2,19,20,22). The molecular weight excluding hydrogens is 374 g/mol. The number of nitrogens with one attached hydrogen (secondary N) is 2. The molecular formula is C17H24BrN3O3. The van der Waals surface area contributed by atoms with Gasteiger partial charge in [-0.05, 0) is 37.8 Å². The second kappa shape index (κ2) is 9.52. The van der Waals surface area contributed by atoms with Crippen molar-refractivity contribution in [2.75, 3.05) is 26.2 Å². The average molecular weight is 398 g/mol. The Labute approximate surface area is 151 Å². The van der Waals surface area contributed by atoms with Gasteiger partial charge in [0.15, 0.2) is 0 Å². The van der Waals surface area contributed by atoms with Crippen molar-refractivity contribution in [2.24, 2.45) is 0 Å². The lowest BCUT2D eigenvalue weighted by molar-refractivity contribution is 0.0957. The Hall–Kier alpha value is -1.76. The van der Waals surface area contributed by atoms with E-state index >= 15 is 0 Å². The number of urea groups is 1. The Bertz CT molecular complexity index is 560. The molecule has 1 heterocycles. The molecule has 1 saturated heterocycles. The molecule has 3 amide bonds. The number of hydrogen-bond acceptors (Lipinski definition) is 3. The SMILES string of the molecule is CCOC(=O)N1CCC(NC(=O)NCCc2ccccc2Br)CC1. The van der Waals surface area contributed by atoms with E-state index in [0.29, 0.717) is 26.2 Å². The molecule has 0 saturated carbocycles. The van der Waals surface area contributed by atoms with E-state index in [0.717, 1.165) is 23.7 Å². The summed E-state index contributed by atoms with van der Waals surface area (Å²) in [4.78, 5) is 25.3. The van der Waals surface area contributed by atoms with E-state index in [4.69, 9.17) is 4.74 Å². The minimum absolute atomic E-state index is 0.0964. The summed E-state index contributed by atoms with van der Waals surface area (Å²) in [5, 5.41) is 5.85. The molecule has 0 unspecified atom stereocenters.